The molecule has 282 valence electrons. The van der Waals surface area contributed by atoms with Crippen LogP contribution in [0.1, 0.15) is 44.5 Å². The molecule has 9 aromatic carbocycles. The maximum absolute atomic E-state index is 8.07. The Hall–Kier alpha value is -8.05. The van der Waals surface area contributed by atoms with Crippen molar-refractivity contribution in [2.24, 2.45) is 0 Å². The van der Waals surface area contributed by atoms with E-state index < -0.39 is 0 Å². The molecule has 9 aromatic rings. The summed E-state index contributed by atoms with van der Waals surface area (Å²) in [5.41, 5.74) is 18.6. The third-order valence-electron chi connectivity index (χ3n) is 10.9. The van der Waals surface area contributed by atoms with E-state index in [9.17, 15) is 0 Å². The number of hydrogen-bond acceptors (Lipinski definition) is 0. The van der Waals surface area contributed by atoms with Crippen molar-refractivity contribution in [3.05, 3.63) is 305 Å². The van der Waals surface area contributed by atoms with Gasteiger partial charge >= 0.3 is 0 Å². The van der Waals surface area contributed by atoms with Crippen molar-refractivity contribution in [2.75, 3.05) is 0 Å². The molecule has 0 aliphatic carbocycles. The molecule has 0 radical (unpaired) electrons. The summed E-state index contributed by atoms with van der Waals surface area (Å²) in [6.07, 6.45) is 0. The molecule has 0 atom stereocenters. The van der Waals surface area contributed by atoms with Gasteiger partial charge in [0.2, 0.25) is 0 Å². The van der Waals surface area contributed by atoms with Gasteiger partial charge in [-0.3, -0.25) is 0 Å². The Morgan fingerprint density at radius 1 is 0.233 bits per heavy atom. The molecule has 0 aliphatic rings. The van der Waals surface area contributed by atoms with E-state index in [4.69, 9.17) is 6.57 Å². The first kappa shape index (κ1) is 37.5. The quantitative estimate of drug-likeness (QED) is 0.0965. The van der Waals surface area contributed by atoms with Gasteiger partial charge in [0.15, 0.2) is 5.69 Å². The second-order valence-electron chi connectivity index (χ2n) is 14.7. The van der Waals surface area contributed by atoms with Crippen LogP contribution in [-0.4, -0.2) is 0 Å². The van der Waals surface area contributed by atoms with Gasteiger partial charge in [0.05, 0.1) is 6.57 Å². The lowest BCUT2D eigenvalue weighted by Gasteiger charge is -2.19. The summed E-state index contributed by atoms with van der Waals surface area (Å²) >= 11 is 0. The van der Waals surface area contributed by atoms with Gasteiger partial charge in [-0.15, -0.1) is 0 Å². The zero-order chi connectivity index (χ0) is 40.5. The molecule has 0 bridgehead atoms. The first-order valence-corrected chi connectivity index (χ1v) is 20.3. The van der Waals surface area contributed by atoms with Gasteiger partial charge in [0.25, 0.3) is 0 Å². The van der Waals surface area contributed by atoms with E-state index in [1.54, 1.807) is 0 Å². The Bertz CT molecular complexity index is 2660. The lowest BCUT2D eigenvalue weighted by Crippen LogP contribution is -1.97. The van der Waals surface area contributed by atoms with Gasteiger partial charge in [-0.1, -0.05) is 231 Å². The van der Waals surface area contributed by atoms with Crippen LogP contribution in [0, 0.1) is 6.57 Å². The molecule has 0 saturated heterocycles. The van der Waals surface area contributed by atoms with Crippen LogP contribution < -0.4 is 0 Å². The van der Waals surface area contributed by atoms with Crippen molar-refractivity contribution in [3.63, 3.8) is 0 Å². The minimum Gasteiger partial charge on any atom is -0.238 e. The average Bonchev–Trinajstić information content (AvgIpc) is 3.34. The van der Waals surface area contributed by atoms with E-state index >= 15 is 0 Å². The third kappa shape index (κ3) is 8.05. The topological polar surface area (TPSA) is 4.36 Å². The van der Waals surface area contributed by atoms with E-state index in [2.05, 4.69) is 241 Å². The van der Waals surface area contributed by atoms with Crippen LogP contribution in [-0.2, 0) is 0 Å². The highest BCUT2D eigenvalue weighted by Crippen LogP contribution is 2.40. The van der Waals surface area contributed by atoms with E-state index in [1.165, 1.54) is 22.3 Å². The van der Waals surface area contributed by atoms with Gasteiger partial charge in [-0.05, 0) is 107 Å². The van der Waals surface area contributed by atoms with Gasteiger partial charge in [0.1, 0.15) is 0 Å². The lowest BCUT2D eigenvalue weighted by molar-refractivity contribution is 1.49. The van der Waals surface area contributed by atoms with E-state index in [0.717, 1.165) is 66.8 Å². The molecule has 0 saturated carbocycles. The predicted molar refractivity (Wildman–Crippen MR) is 252 cm³/mol. The fourth-order valence-corrected chi connectivity index (χ4v) is 8.12. The third-order valence-corrected chi connectivity index (χ3v) is 10.9. The molecule has 0 unspecified atom stereocenters. The molecule has 0 fully saturated rings. The Labute approximate surface area is 353 Å². The Balaban J connectivity index is 1.13. The number of benzene rings is 9. The van der Waals surface area contributed by atoms with Crippen LogP contribution in [0.2, 0.25) is 0 Å². The molecular weight excluding hydrogens is 723 g/mol. The molecule has 0 amide bonds. The summed E-state index contributed by atoms with van der Waals surface area (Å²) in [4.78, 5) is 3.93. The standard InChI is InChI=1S/C59H41N/c1-60-55-41-53(43-32-36-51(37-33-43)58(49-28-16-6-17-29-49)56(45-20-8-2-9-21-45)46-22-10-3-11-23-46)40-54(42-55)44-34-38-52(39-35-44)59(50-30-18-7-19-31-50)57(47-24-12-4-13-25-47)48-26-14-5-15-27-48/h2-42H. The molecule has 60 heavy (non-hydrogen) atoms. The highest BCUT2D eigenvalue weighted by molar-refractivity contribution is 6.06. The fraction of sp³-hybridized carbons (Fsp3) is 0. The zero-order valence-electron chi connectivity index (χ0n) is 33.1. The van der Waals surface area contributed by atoms with Gasteiger partial charge < -0.3 is 0 Å². The van der Waals surface area contributed by atoms with Gasteiger partial charge in [-0.25, -0.2) is 4.85 Å². The second kappa shape index (κ2) is 17.6. The van der Waals surface area contributed by atoms with Gasteiger partial charge in [-0.2, -0.15) is 0 Å². The first-order valence-electron chi connectivity index (χ1n) is 20.3. The molecule has 0 heterocycles. The highest BCUT2D eigenvalue weighted by atomic mass is 14.6. The Morgan fingerprint density at radius 2 is 0.450 bits per heavy atom. The maximum atomic E-state index is 8.07. The molecule has 1 heteroatoms. The molecule has 0 aromatic heterocycles. The lowest BCUT2D eigenvalue weighted by atomic mass is 9.85. The normalized spacial score (nSPS) is 10.7. The maximum Gasteiger partial charge on any atom is 0.188 e. The summed E-state index contributed by atoms with van der Waals surface area (Å²) in [6.45, 7) is 8.07. The monoisotopic (exact) mass is 763 g/mol. The first-order chi connectivity index (χ1) is 29.7. The van der Waals surface area contributed by atoms with Crippen molar-refractivity contribution in [1.29, 1.82) is 0 Å². The number of hydrogen-bond donors (Lipinski definition) is 0. The van der Waals surface area contributed by atoms with Crippen LogP contribution in [0.4, 0.5) is 5.69 Å². The van der Waals surface area contributed by atoms with Crippen molar-refractivity contribution in [2.45, 2.75) is 0 Å². The number of rotatable bonds is 10. The van der Waals surface area contributed by atoms with E-state index in [1.807, 2.05) is 12.1 Å². The summed E-state index contributed by atoms with van der Waals surface area (Å²) < 4.78 is 0. The van der Waals surface area contributed by atoms with Crippen LogP contribution >= 0.6 is 0 Å². The summed E-state index contributed by atoms with van der Waals surface area (Å²) in [7, 11) is 0. The van der Waals surface area contributed by atoms with E-state index in [0.29, 0.717) is 5.69 Å². The van der Waals surface area contributed by atoms with E-state index in [-0.39, 0.29) is 0 Å². The summed E-state index contributed by atoms with van der Waals surface area (Å²) in [5, 5.41) is 0. The van der Waals surface area contributed by atoms with Crippen LogP contribution in [0.15, 0.2) is 249 Å². The van der Waals surface area contributed by atoms with Crippen LogP contribution in [0.3, 0.4) is 0 Å². The van der Waals surface area contributed by atoms with Crippen molar-refractivity contribution < 1.29 is 0 Å². The fourth-order valence-electron chi connectivity index (χ4n) is 8.12. The highest BCUT2D eigenvalue weighted by Gasteiger charge is 2.18. The molecule has 0 aliphatic heterocycles. The summed E-state index contributed by atoms with van der Waals surface area (Å²) in [5.74, 6) is 0. The largest absolute Gasteiger partial charge is 0.238 e. The van der Waals surface area contributed by atoms with Crippen molar-refractivity contribution in [3.8, 4) is 22.3 Å². The molecule has 0 N–H and O–H groups in total. The minimum atomic E-state index is 0.608. The van der Waals surface area contributed by atoms with Gasteiger partial charge in [0, 0.05) is 0 Å². The molecule has 9 rings (SSSR count). The minimum absolute atomic E-state index is 0.608. The number of nitrogens with zero attached hydrogens (tertiary/aromatic N) is 1. The molecule has 1 nitrogen and oxygen atoms in total. The SMILES string of the molecule is [C-]#[N+]c1cc(-c2ccc(C(=C(c3ccccc3)c3ccccc3)c3ccccc3)cc2)cc(-c2ccc(C(=C(c3ccccc3)c3ccccc3)c3ccccc3)cc2)c1. The predicted octanol–water partition coefficient (Wildman–Crippen LogP) is 15.6. The molecule has 0 spiro atoms. The second-order valence-corrected chi connectivity index (χ2v) is 14.7. The zero-order valence-corrected chi connectivity index (χ0v) is 33.1. The van der Waals surface area contributed by atoms with Crippen LogP contribution in [0.25, 0.3) is 49.4 Å². The summed E-state index contributed by atoms with van der Waals surface area (Å²) in [6, 6.07) is 87.7. The van der Waals surface area contributed by atoms with Crippen molar-refractivity contribution >= 4 is 28.0 Å². The molecular formula is C59H41N. The smallest absolute Gasteiger partial charge is 0.188 e. The Kier molecular flexibility index (Phi) is 11.0. The Morgan fingerprint density at radius 3 is 0.667 bits per heavy atom. The van der Waals surface area contributed by atoms with Crippen molar-refractivity contribution in [1.82, 2.24) is 0 Å². The van der Waals surface area contributed by atoms with Crippen LogP contribution in [0.5, 0.6) is 0 Å². The average molecular weight is 764 g/mol.